The summed E-state index contributed by atoms with van der Waals surface area (Å²) in [6, 6.07) is 6.01. The normalized spacial score (nSPS) is 20.4. The molecule has 7 heteroatoms. The SMILES string of the molecule is COc1cc(CN2CCCN(C=O)CC2)ccc1OC[C@H](O)CN1CCCCCCC1. The molecule has 1 aromatic carbocycles. The van der Waals surface area contributed by atoms with Crippen molar-refractivity contribution in [3.63, 3.8) is 0 Å². The molecule has 1 atom stereocenters. The molecule has 2 aliphatic rings. The van der Waals surface area contributed by atoms with Crippen LogP contribution in [0.25, 0.3) is 0 Å². The Hall–Kier alpha value is -1.83. The van der Waals surface area contributed by atoms with E-state index in [1.807, 2.05) is 17.0 Å². The minimum atomic E-state index is -0.512. The Balaban J connectivity index is 1.49. The van der Waals surface area contributed by atoms with Crippen LogP contribution in [0.4, 0.5) is 0 Å². The fourth-order valence-corrected chi connectivity index (χ4v) is 4.47. The van der Waals surface area contributed by atoms with Gasteiger partial charge in [0.25, 0.3) is 0 Å². The summed E-state index contributed by atoms with van der Waals surface area (Å²) in [5.41, 5.74) is 1.16. The van der Waals surface area contributed by atoms with Crippen molar-refractivity contribution in [3.8, 4) is 11.5 Å². The summed E-state index contributed by atoms with van der Waals surface area (Å²) >= 11 is 0. The van der Waals surface area contributed by atoms with Crippen molar-refractivity contribution in [2.24, 2.45) is 0 Å². The van der Waals surface area contributed by atoms with Crippen LogP contribution in [-0.4, -0.2) is 91.9 Å². The molecule has 7 nitrogen and oxygen atoms in total. The van der Waals surface area contributed by atoms with E-state index in [9.17, 15) is 9.90 Å². The van der Waals surface area contributed by atoms with Gasteiger partial charge in [-0.1, -0.05) is 25.3 Å². The van der Waals surface area contributed by atoms with Crippen molar-refractivity contribution in [1.82, 2.24) is 14.7 Å². The molecule has 0 saturated carbocycles. The third kappa shape index (κ3) is 7.98. The summed E-state index contributed by atoms with van der Waals surface area (Å²) in [5.74, 6) is 1.36. The first-order chi connectivity index (χ1) is 15.2. The summed E-state index contributed by atoms with van der Waals surface area (Å²) in [7, 11) is 1.65. The number of hydrogen-bond donors (Lipinski definition) is 1. The lowest BCUT2D eigenvalue weighted by molar-refractivity contribution is -0.118. The smallest absolute Gasteiger partial charge is 0.209 e. The average Bonchev–Trinajstić information content (AvgIpc) is 2.99. The van der Waals surface area contributed by atoms with Crippen molar-refractivity contribution >= 4 is 6.41 Å². The predicted molar refractivity (Wildman–Crippen MR) is 122 cm³/mol. The highest BCUT2D eigenvalue weighted by molar-refractivity contribution is 5.47. The largest absolute Gasteiger partial charge is 0.493 e. The summed E-state index contributed by atoms with van der Waals surface area (Å²) < 4.78 is 11.5. The Bertz CT molecular complexity index is 664. The van der Waals surface area contributed by atoms with Gasteiger partial charge in [-0.25, -0.2) is 0 Å². The maximum atomic E-state index is 11.0. The number of carbonyl (C=O) groups is 1. The number of aliphatic hydroxyl groups is 1. The Morgan fingerprint density at radius 3 is 2.42 bits per heavy atom. The molecule has 1 aromatic rings. The molecule has 3 rings (SSSR count). The zero-order valence-corrected chi connectivity index (χ0v) is 19.0. The molecule has 0 radical (unpaired) electrons. The number of aliphatic hydroxyl groups excluding tert-OH is 1. The second-order valence-electron chi connectivity index (χ2n) is 8.79. The van der Waals surface area contributed by atoms with Gasteiger partial charge in [-0.15, -0.1) is 0 Å². The van der Waals surface area contributed by atoms with E-state index in [2.05, 4.69) is 15.9 Å². The van der Waals surface area contributed by atoms with E-state index in [1.54, 1.807) is 7.11 Å². The summed E-state index contributed by atoms with van der Waals surface area (Å²) in [5, 5.41) is 10.5. The standard InChI is InChI=1S/C24H39N3O4/c1-30-24-16-21(17-26-12-7-13-27(20-28)15-14-26)8-9-23(24)31-19-22(29)18-25-10-5-3-2-4-6-11-25/h8-9,16,20,22,29H,2-7,10-15,17-19H2,1H3/t22-/m1/s1. The molecule has 0 bridgehead atoms. The van der Waals surface area contributed by atoms with Crippen molar-refractivity contribution in [2.45, 2.75) is 51.2 Å². The number of rotatable bonds is 9. The number of likely N-dealkylation sites (tertiary alicyclic amines) is 1. The van der Waals surface area contributed by atoms with E-state index in [1.165, 1.54) is 32.1 Å². The molecule has 2 aliphatic heterocycles. The number of nitrogens with zero attached hydrogens (tertiary/aromatic N) is 3. The van der Waals surface area contributed by atoms with Crippen molar-refractivity contribution in [2.75, 3.05) is 59.5 Å². The van der Waals surface area contributed by atoms with Crippen LogP contribution in [0.2, 0.25) is 0 Å². The molecule has 31 heavy (non-hydrogen) atoms. The second-order valence-corrected chi connectivity index (χ2v) is 8.79. The average molecular weight is 434 g/mol. The fourth-order valence-electron chi connectivity index (χ4n) is 4.47. The van der Waals surface area contributed by atoms with Crippen LogP contribution in [0, 0.1) is 0 Å². The highest BCUT2D eigenvalue weighted by Crippen LogP contribution is 2.29. The van der Waals surface area contributed by atoms with Gasteiger partial charge in [0.1, 0.15) is 12.7 Å². The number of β-amino-alcohol motifs (C(OH)–C–C–N with tert-alkyl or cyclic N) is 1. The van der Waals surface area contributed by atoms with Gasteiger partial charge in [0, 0.05) is 39.3 Å². The van der Waals surface area contributed by atoms with Crippen molar-refractivity contribution < 1.29 is 19.4 Å². The van der Waals surface area contributed by atoms with Crippen LogP contribution < -0.4 is 9.47 Å². The van der Waals surface area contributed by atoms with E-state index < -0.39 is 6.10 Å². The van der Waals surface area contributed by atoms with Gasteiger partial charge >= 0.3 is 0 Å². The molecule has 2 fully saturated rings. The number of ether oxygens (including phenoxy) is 2. The minimum absolute atomic E-state index is 0.264. The zero-order valence-electron chi connectivity index (χ0n) is 19.0. The van der Waals surface area contributed by atoms with Crippen LogP contribution in [-0.2, 0) is 11.3 Å². The number of hydrogen-bond acceptors (Lipinski definition) is 6. The van der Waals surface area contributed by atoms with Gasteiger partial charge in [-0.05, 0) is 50.0 Å². The molecular formula is C24H39N3O4. The summed E-state index contributed by atoms with van der Waals surface area (Å²) in [6.07, 6.45) is 7.78. The molecule has 0 unspecified atom stereocenters. The maximum absolute atomic E-state index is 11.0. The van der Waals surface area contributed by atoms with Gasteiger partial charge in [-0.3, -0.25) is 9.69 Å². The topological polar surface area (TPSA) is 65.5 Å². The molecule has 0 spiro atoms. The molecular weight excluding hydrogens is 394 g/mol. The first-order valence-electron chi connectivity index (χ1n) is 11.8. The molecule has 2 saturated heterocycles. The van der Waals surface area contributed by atoms with Crippen LogP contribution in [0.3, 0.4) is 0 Å². The Kier molecular flexibility index (Phi) is 9.90. The maximum Gasteiger partial charge on any atom is 0.209 e. The van der Waals surface area contributed by atoms with Crippen LogP contribution in [0.15, 0.2) is 18.2 Å². The van der Waals surface area contributed by atoms with E-state index >= 15 is 0 Å². The quantitative estimate of drug-likeness (QED) is 0.603. The summed E-state index contributed by atoms with van der Waals surface area (Å²) in [4.78, 5) is 17.6. The number of benzene rings is 1. The van der Waals surface area contributed by atoms with E-state index in [-0.39, 0.29) is 6.61 Å². The van der Waals surface area contributed by atoms with Crippen LogP contribution in [0.1, 0.15) is 44.1 Å². The summed E-state index contributed by atoms with van der Waals surface area (Å²) in [6.45, 7) is 7.34. The van der Waals surface area contributed by atoms with E-state index in [0.29, 0.717) is 18.0 Å². The minimum Gasteiger partial charge on any atom is -0.493 e. The fraction of sp³-hybridized carbons (Fsp3) is 0.708. The molecule has 0 aliphatic carbocycles. The Morgan fingerprint density at radius 1 is 0.935 bits per heavy atom. The second kappa shape index (κ2) is 12.9. The molecule has 2 heterocycles. The molecule has 1 N–H and O–H groups in total. The molecule has 1 amide bonds. The third-order valence-corrected chi connectivity index (χ3v) is 6.26. The van der Waals surface area contributed by atoms with Gasteiger partial charge in [-0.2, -0.15) is 0 Å². The first kappa shape index (κ1) is 23.8. The lowest BCUT2D eigenvalue weighted by Crippen LogP contribution is -2.37. The number of carbonyl (C=O) groups excluding carboxylic acids is 1. The molecule has 174 valence electrons. The van der Waals surface area contributed by atoms with Crippen LogP contribution in [0.5, 0.6) is 11.5 Å². The van der Waals surface area contributed by atoms with Gasteiger partial charge in [0.05, 0.1) is 7.11 Å². The Morgan fingerprint density at radius 2 is 1.68 bits per heavy atom. The predicted octanol–water partition coefficient (Wildman–Crippen LogP) is 2.37. The first-order valence-corrected chi connectivity index (χ1v) is 11.8. The monoisotopic (exact) mass is 433 g/mol. The van der Waals surface area contributed by atoms with Gasteiger partial charge < -0.3 is 24.4 Å². The van der Waals surface area contributed by atoms with Gasteiger partial charge in [0.15, 0.2) is 11.5 Å². The van der Waals surface area contributed by atoms with Crippen LogP contribution >= 0.6 is 0 Å². The molecule has 0 aromatic heterocycles. The highest BCUT2D eigenvalue weighted by atomic mass is 16.5. The highest BCUT2D eigenvalue weighted by Gasteiger charge is 2.17. The zero-order chi connectivity index (χ0) is 21.9. The number of methoxy groups -OCH3 is 1. The lowest BCUT2D eigenvalue weighted by Gasteiger charge is -2.27. The third-order valence-electron chi connectivity index (χ3n) is 6.26. The van der Waals surface area contributed by atoms with Gasteiger partial charge in [0.2, 0.25) is 6.41 Å². The lowest BCUT2D eigenvalue weighted by atomic mass is 10.1. The Labute approximate surface area is 186 Å². The van der Waals surface area contributed by atoms with Crippen molar-refractivity contribution in [1.29, 1.82) is 0 Å². The van der Waals surface area contributed by atoms with Crippen molar-refractivity contribution in [3.05, 3.63) is 23.8 Å². The number of amides is 1. The van der Waals surface area contributed by atoms with E-state index in [4.69, 9.17) is 9.47 Å². The van der Waals surface area contributed by atoms with E-state index in [0.717, 1.165) is 64.2 Å².